The lowest BCUT2D eigenvalue weighted by molar-refractivity contribution is -0.140. The van der Waals surface area contributed by atoms with E-state index in [9.17, 15) is 22.4 Å². The van der Waals surface area contributed by atoms with Crippen molar-refractivity contribution in [1.82, 2.24) is 10.2 Å². The largest absolute Gasteiger partial charge is 0.352 e. The topological polar surface area (TPSA) is 86.8 Å². The third kappa shape index (κ3) is 8.62. The van der Waals surface area contributed by atoms with E-state index in [-0.39, 0.29) is 41.1 Å². The Morgan fingerprint density at radius 1 is 0.830 bits per heavy atom. The molecule has 0 aromatic heterocycles. The van der Waals surface area contributed by atoms with E-state index in [1.807, 2.05) is 37.3 Å². The van der Waals surface area contributed by atoms with Crippen molar-refractivity contribution in [2.24, 2.45) is 0 Å². The van der Waals surface area contributed by atoms with Gasteiger partial charge in [0.05, 0.1) is 10.6 Å². The van der Waals surface area contributed by atoms with Crippen LogP contribution in [0.1, 0.15) is 48.8 Å². The van der Waals surface area contributed by atoms with E-state index in [0.29, 0.717) is 0 Å². The average Bonchev–Trinajstić information content (AvgIpc) is 3.07. The Labute approximate surface area is 275 Å². The van der Waals surface area contributed by atoms with Gasteiger partial charge in [0.25, 0.3) is 10.0 Å². The van der Waals surface area contributed by atoms with Gasteiger partial charge in [-0.1, -0.05) is 85.5 Å². The van der Waals surface area contributed by atoms with Gasteiger partial charge in [-0.25, -0.2) is 17.2 Å². The van der Waals surface area contributed by atoms with Gasteiger partial charge >= 0.3 is 0 Å². The molecule has 4 aromatic rings. The fraction of sp³-hybridized carbons (Fsp3) is 0.297. The Kier molecular flexibility index (Phi) is 11.0. The minimum absolute atomic E-state index is 0.0578. The minimum atomic E-state index is -4.33. The van der Waals surface area contributed by atoms with Crippen molar-refractivity contribution in [2.45, 2.75) is 69.0 Å². The Bertz CT molecular complexity index is 1760. The third-order valence-electron chi connectivity index (χ3n) is 8.52. The van der Waals surface area contributed by atoms with Crippen LogP contribution >= 0.6 is 0 Å². The standard InChI is InChI=1S/C37H39F2N3O4S/c1-27-16-22-33(23-17-27)47(45,46)42(32-20-18-30(38)19-21-32)26-36(43)41(25-29-12-8-9-15-34(29)39)35(24-28-10-4-2-5-11-28)37(44)40-31-13-6-3-7-14-31/h2,4-5,8-12,15-23,31,35H,3,6-7,13-14,24-26H2,1H3,(H,40,44)/t35-/m0/s1. The second kappa shape index (κ2) is 15.3. The first-order chi connectivity index (χ1) is 22.6. The highest BCUT2D eigenvalue weighted by Crippen LogP contribution is 2.26. The number of halogens is 2. The lowest BCUT2D eigenvalue weighted by Gasteiger charge is -2.35. The number of benzene rings is 4. The molecule has 2 amide bonds. The molecular formula is C37H39F2N3O4S. The highest BCUT2D eigenvalue weighted by atomic mass is 32.2. The van der Waals surface area contributed by atoms with Gasteiger partial charge in [0.2, 0.25) is 11.8 Å². The van der Waals surface area contributed by atoms with E-state index >= 15 is 4.39 Å². The molecule has 1 saturated carbocycles. The van der Waals surface area contributed by atoms with E-state index < -0.39 is 40.2 Å². The molecule has 1 N–H and O–H groups in total. The highest BCUT2D eigenvalue weighted by Gasteiger charge is 2.35. The predicted molar refractivity (Wildman–Crippen MR) is 178 cm³/mol. The van der Waals surface area contributed by atoms with Gasteiger partial charge in [-0.15, -0.1) is 0 Å². The van der Waals surface area contributed by atoms with Gasteiger partial charge in [0.1, 0.15) is 24.2 Å². The number of sulfonamides is 1. The summed E-state index contributed by atoms with van der Waals surface area (Å²) in [5, 5.41) is 3.13. The van der Waals surface area contributed by atoms with Gasteiger partial charge in [-0.3, -0.25) is 13.9 Å². The number of hydrogen-bond acceptors (Lipinski definition) is 4. The van der Waals surface area contributed by atoms with Crippen molar-refractivity contribution in [1.29, 1.82) is 0 Å². The lowest BCUT2D eigenvalue weighted by Crippen LogP contribution is -2.55. The number of amides is 2. The number of aryl methyl sites for hydroxylation is 1. The van der Waals surface area contributed by atoms with Gasteiger partial charge in [0.15, 0.2) is 0 Å². The monoisotopic (exact) mass is 659 g/mol. The third-order valence-corrected chi connectivity index (χ3v) is 10.3. The van der Waals surface area contributed by atoms with Crippen LogP contribution in [0.15, 0.2) is 108 Å². The van der Waals surface area contributed by atoms with Crippen LogP contribution < -0.4 is 9.62 Å². The zero-order valence-corrected chi connectivity index (χ0v) is 27.1. The molecule has 0 aliphatic heterocycles. The van der Waals surface area contributed by atoms with Crippen molar-refractivity contribution in [3.63, 3.8) is 0 Å². The van der Waals surface area contributed by atoms with Crippen molar-refractivity contribution < 1.29 is 26.8 Å². The molecule has 1 fully saturated rings. The SMILES string of the molecule is Cc1ccc(S(=O)(=O)N(CC(=O)N(Cc2ccccc2F)[C@@H](Cc2ccccc2)C(=O)NC2CCCCC2)c2ccc(F)cc2)cc1. The molecular weight excluding hydrogens is 620 g/mol. The number of hydrogen-bond donors (Lipinski definition) is 1. The maximum absolute atomic E-state index is 15.1. The summed E-state index contributed by atoms with van der Waals surface area (Å²) >= 11 is 0. The maximum Gasteiger partial charge on any atom is 0.264 e. The van der Waals surface area contributed by atoms with Crippen molar-refractivity contribution in [3.8, 4) is 0 Å². The molecule has 7 nitrogen and oxygen atoms in total. The molecule has 1 aliphatic rings. The maximum atomic E-state index is 15.1. The van der Waals surface area contributed by atoms with E-state index in [2.05, 4.69) is 5.32 Å². The van der Waals surface area contributed by atoms with Crippen LogP contribution in [-0.2, 0) is 32.6 Å². The quantitative estimate of drug-likeness (QED) is 0.187. The van der Waals surface area contributed by atoms with E-state index in [0.717, 1.165) is 59.7 Å². The molecule has 0 radical (unpaired) electrons. The molecule has 0 bridgehead atoms. The molecule has 5 rings (SSSR count). The van der Waals surface area contributed by atoms with Crippen molar-refractivity contribution in [3.05, 3.63) is 131 Å². The molecule has 4 aromatic carbocycles. The van der Waals surface area contributed by atoms with Crippen LogP contribution in [0.2, 0.25) is 0 Å². The second-order valence-electron chi connectivity index (χ2n) is 12.0. The van der Waals surface area contributed by atoms with Gasteiger partial charge in [-0.2, -0.15) is 0 Å². The molecule has 1 aliphatic carbocycles. The lowest BCUT2D eigenvalue weighted by atomic mass is 9.94. The van der Waals surface area contributed by atoms with Crippen LogP contribution in [0.4, 0.5) is 14.5 Å². The summed E-state index contributed by atoms with van der Waals surface area (Å²) in [7, 11) is -4.33. The summed E-state index contributed by atoms with van der Waals surface area (Å²) in [4.78, 5) is 29.8. The zero-order valence-electron chi connectivity index (χ0n) is 26.3. The molecule has 1 atom stereocenters. The van der Waals surface area contributed by atoms with E-state index in [1.165, 1.54) is 47.4 Å². The molecule has 246 valence electrons. The number of nitrogens with zero attached hydrogens (tertiary/aromatic N) is 2. The average molecular weight is 660 g/mol. The molecule has 0 unspecified atom stereocenters. The normalized spacial score (nSPS) is 14.3. The van der Waals surface area contributed by atoms with Crippen molar-refractivity contribution >= 4 is 27.5 Å². The number of anilines is 1. The first-order valence-corrected chi connectivity index (χ1v) is 17.3. The highest BCUT2D eigenvalue weighted by molar-refractivity contribution is 7.92. The van der Waals surface area contributed by atoms with E-state index in [1.54, 1.807) is 18.2 Å². The van der Waals surface area contributed by atoms with Crippen LogP contribution in [0.25, 0.3) is 0 Å². The van der Waals surface area contributed by atoms with Gasteiger partial charge in [0, 0.05) is 24.6 Å². The van der Waals surface area contributed by atoms with Gasteiger partial charge < -0.3 is 10.2 Å². The number of carbonyl (C=O) groups is 2. The Morgan fingerprint density at radius 3 is 2.13 bits per heavy atom. The Balaban J connectivity index is 1.56. The number of nitrogens with one attached hydrogen (secondary N) is 1. The van der Waals surface area contributed by atoms with E-state index in [4.69, 9.17) is 0 Å². The fourth-order valence-corrected chi connectivity index (χ4v) is 7.30. The predicted octanol–water partition coefficient (Wildman–Crippen LogP) is 6.56. The Hall–Kier alpha value is -4.57. The molecule has 0 heterocycles. The number of rotatable bonds is 12. The summed E-state index contributed by atoms with van der Waals surface area (Å²) in [5.74, 6) is -2.23. The smallest absolute Gasteiger partial charge is 0.264 e. The Morgan fingerprint density at radius 2 is 1.47 bits per heavy atom. The summed E-state index contributed by atoms with van der Waals surface area (Å²) in [5.41, 5.74) is 1.87. The summed E-state index contributed by atoms with van der Waals surface area (Å²) in [6.45, 7) is 0.838. The minimum Gasteiger partial charge on any atom is -0.352 e. The first-order valence-electron chi connectivity index (χ1n) is 15.8. The summed E-state index contributed by atoms with van der Waals surface area (Å²) in [6, 6.07) is 25.0. The van der Waals surface area contributed by atoms with Gasteiger partial charge in [-0.05, 0) is 67.8 Å². The second-order valence-corrected chi connectivity index (χ2v) is 13.8. The molecule has 47 heavy (non-hydrogen) atoms. The fourth-order valence-electron chi connectivity index (χ4n) is 5.88. The van der Waals surface area contributed by atoms with Crippen LogP contribution in [-0.4, -0.2) is 43.8 Å². The molecule has 10 heteroatoms. The van der Waals surface area contributed by atoms with Crippen LogP contribution in [0, 0.1) is 18.6 Å². The van der Waals surface area contributed by atoms with Crippen LogP contribution in [0.3, 0.4) is 0 Å². The summed E-state index contributed by atoms with van der Waals surface area (Å²) < 4.78 is 58.1. The summed E-state index contributed by atoms with van der Waals surface area (Å²) in [6.07, 6.45) is 4.81. The zero-order chi connectivity index (χ0) is 33.4. The molecule has 0 spiro atoms. The molecule has 0 saturated heterocycles. The van der Waals surface area contributed by atoms with Crippen molar-refractivity contribution in [2.75, 3.05) is 10.8 Å². The number of carbonyl (C=O) groups excluding carboxylic acids is 2. The van der Waals surface area contributed by atoms with Crippen LogP contribution in [0.5, 0.6) is 0 Å². The first kappa shape index (κ1) is 33.8.